The molecule has 1 aromatic carbocycles. The van der Waals surface area contributed by atoms with Gasteiger partial charge in [-0.25, -0.2) is 4.79 Å². The molecule has 0 unspecified atom stereocenters. The van der Waals surface area contributed by atoms with Crippen LogP contribution in [0.1, 0.15) is 21.7 Å². The minimum Gasteiger partial charge on any atom is -0.461 e. The number of hydrogen-bond acceptors (Lipinski definition) is 6. The number of ether oxygens (including phenoxy) is 1. The van der Waals surface area contributed by atoms with Crippen molar-refractivity contribution in [2.24, 2.45) is 0 Å². The van der Waals surface area contributed by atoms with Crippen molar-refractivity contribution in [3.63, 3.8) is 0 Å². The molecule has 0 bridgehead atoms. The summed E-state index contributed by atoms with van der Waals surface area (Å²) in [6, 6.07) is 9.76. The highest BCUT2D eigenvalue weighted by atomic mass is 16.6. The van der Waals surface area contributed by atoms with Crippen molar-refractivity contribution in [1.29, 1.82) is 0 Å². The zero-order valence-electron chi connectivity index (χ0n) is 14.1. The molecule has 0 radical (unpaired) electrons. The van der Waals surface area contributed by atoms with Crippen LogP contribution in [0.25, 0.3) is 22.5 Å². The molecule has 4 aromatic rings. The highest BCUT2D eigenvalue weighted by molar-refractivity contribution is 5.90. The second-order valence-electron chi connectivity index (χ2n) is 5.87. The molecule has 0 fully saturated rings. The Kier molecular flexibility index (Phi) is 3.73. The van der Waals surface area contributed by atoms with Gasteiger partial charge in [0.15, 0.2) is 5.76 Å². The van der Waals surface area contributed by atoms with Gasteiger partial charge in [0.25, 0.3) is 0 Å². The molecule has 0 amide bonds. The van der Waals surface area contributed by atoms with E-state index in [4.69, 9.17) is 18.0 Å². The van der Waals surface area contributed by atoms with E-state index in [1.165, 1.54) is 18.6 Å². The van der Waals surface area contributed by atoms with E-state index in [1.807, 2.05) is 13.8 Å². The van der Waals surface area contributed by atoms with Crippen LogP contribution in [0.2, 0.25) is 0 Å². The molecule has 0 atom stereocenters. The van der Waals surface area contributed by atoms with Crippen molar-refractivity contribution < 1.29 is 22.8 Å². The first-order valence-corrected chi connectivity index (χ1v) is 7.92. The SMILES string of the molecule is Cc1cc2oc(-c3ccco3)c(OC(=O)c3ccco3)c(=O)c2cc1C. The molecule has 6 heteroatoms. The molecular formula is C20H14O6. The number of carbonyl (C=O) groups is 1. The Labute approximate surface area is 147 Å². The lowest BCUT2D eigenvalue weighted by atomic mass is 10.1. The predicted molar refractivity (Wildman–Crippen MR) is 93.3 cm³/mol. The van der Waals surface area contributed by atoms with E-state index in [-0.39, 0.29) is 23.0 Å². The summed E-state index contributed by atoms with van der Waals surface area (Å²) in [6.07, 6.45) is 2.79. The molecule has 130 valence electrons. The standard InChI is InChI=1S/C20H14O6/c1-11-9-13-16(10-12(11)2)25-18(14-5-3-7-23-14)19(17(13)21)26-20(22)15-6-4-8-24-15/h3-10H,1-2H3. The fourth-order valence-electron chi connectivity index (χ4n) is 2.63. The quantitative estimate of drug-likeness (QED) is 0.507. The smallest absolute Gasteiger partial charge is 0.379 e. The van der Waals surface area contributed by atoms with E-state index in [0.717, 1.165) is 11.1 Å². The number of esters is 1. The average Bonchev–Trinajstić information content (AvgIpc) is 3.32. The van der Waals surface area contributed by atoms with Crippen molar-refractivity contribution in [3.8, 4) is 17.3 Å². The maximum atomic E-state index is 13.0. The van der Waals surface area contributed by atoms with Crippen LogP contribution >= 0.6 is 0 Å². The molecule has 0 aliphatic carbocycles. The summed E-state index contributed by atoms with van der Waals surface area (Å²) < 4.78 is 21.6. The molecule has 0 spiro atoms. The van der Waals surface area contributed by atoms with Crippen LogP contribution in [-0.4, -0.2) is 5.97 Å². The van der Waals surface area contributed by atoms with Crippen LogP contribution in [0.15, 0.2) is 67.0 Å². The molecule has 3 heterocycles. The first kappa shape index (κ1) is 16.0. The number of rotatable bonds is 3. The van der Waals surface area contributed by atoms with Gasteiger partial charge >= 0.3 is 5.97 Å². The molecule has 6 nitrogen and oxygen atoms in total. The van der Waals surface area contributed by atoms with Gasteiger partial charge in [-0.1, -0.05) is 0 Å². The van der Waals surface area contributed by atoms with Gasteiger partial charge in [-0.15, -0.1) is 0 Å². The highest BCUT2D eigenvalue weighted by Crippen LogP contribution is 2.32. The fraction of sp³-hybridized carbons (Fsp3) is 0.100. The minimum atomic E-state index is -0.793. The summed E-state index contributed by atoms with van der Waals surface area (Å²) in [5.41, 5.74) is 1.84. The van der Waals surface area contributed by atoms with Crippen LogP contribution in [0, 0.1) is 13.8 Å². The third-order valence-electron chi connectivity index (χ3n) is 4.13. The largest absolute Gasteiger partial charge is 0.461 e. The maximum Gasteiger partial charge on any atom is 0.379 e. The Hall–Kier alpha value is -3.54. The molecule has 4 rings (SSSR count). The van der Waals surface area contributed by atoms with Gasteiger partial charge in [0.1, 0.15) is 5.58 Å². The molecule has 3 aromatic heterocycles. The first-order chi connectivity index (χ1) is 12.5. The van der Waals surface area contributed by atoms with E-state index in [9.17, 15) is 9.59 Å². The van der Waals surface area contributed by atoms with E-state index in [0.29, 0.717) is 11.0 Å². The van der Waals surface area contributed by atoms with Gasteiger partial charge in [-0.2, -0.15) is 0 Å². The Bertz CT molecular complexity index is 1150. The van der Waals surface area contributed by atoms with Crippen LogP contribution in [0.4, 0.5) is 0 Å². The first-order valence-electron chi connectivity index (χ1n) is 7.92. The third-order valence-corrected chi connectivity index (χ3v) is 4.13. The van der Waals surface area contributed by atoms with Crippen LogP contribution in [0.5, 0.6) is 5.75 Å². The van der Waals surface area contributed by atoms with Crippen molar-refractivity contribution in [3.05, 3.63) is 76.0 Å². The Balaban J connectivity index is 1.95. The zero-order chi connectivity index (χ0) is 18.3. The normalized spacial score (nSPS) is 11.0. The van der Waals surface area contributed by atoms with Gasteiger partial charge in [0.05, 0.1) is 17.9 Å². The molecule has 0 aliphatic rings. The predicted octanol–water partition coefficient (Wildman–Crippen LogP) is 4.48. The van der Waals surface area contributed by atoms with Crippen molar-refractivity contribution >= 4 is 16.9 Å². The molecule has 0 aliphatic heterocycles. The summed E-state index contributed by atoms with van der Waals surface area (Å²) in [7, 11) is 0. The van der Waals surface area contributed by atoms with E-state index in [1.54, 1.807) is 30.3 Å². The molecule has 26 heavy (non-hydrogen) atoms. The summed E-state index contributed by atoms with van der Waals surface area (Å²) in [6.45, 7) is 3.81. The number of aryl methyl sites for hydroxylation is 2. The number of benzene rings is 1. The van der Waals surface area contributed by atoms with Gasteiger partial charge in [0.2, 0.25) is 22.7 Å². The summed E-state index contributed by atoms with van der Waals surface area (Å²) in [5.74, 6) is -0.717. The van der Waals surface area contributed by atoms with Crippen molar-refractivity contribution in [2.45, 2.75) is 13.8 Å². The van der Waals surface area contributed by atoms with Crippen LogP contribution in [0.3, 0.4) is 0 Å². The summed E-state index contributed by atoms with van der Waals surface area (Å²) >= 11 is 0. The zero-order valence-corrected chi connectivity index (χ0v) is 14.1. The lowest BCUT2D eigenvalue weighted by Gasteiger charge is -2.09. The summed E-state index contributed by atoms with van der Waals surface area (Å²) in [4.78, 5) is 25.3. The Morgan fingerprint density at radius 2 is 1.73 bits per heavy atom. The number of carbonyl (C=O) groups excluding carboxylic acids is 1. The molecule has 0 saturated carbocycles. The lowest BCUT2D eigenvalue weighted by molar-refractivity contribution is 0.0697. The van der Waals surface area contributed by atoms with Gasteiger partial charge in [-0.3, -0.25) is 4.79 Å². The summed E-state index contributed by atoms with van der Waals surface area (Å²) in [5, 5.41) is 0.325. The molecular weight excluding hydrogens is 336 g/mol. The highest BCUT2D eigenvalue weighted by Gasteiger charge is 2.24. The van der Waals surface area contributed by atoms with E-state index in [2.05, 4.69) is 0 Å². The minimum absolute atomic E-state index is 0.0185. The van der Waals surface area contributed by atoms with Crippen LogP contribution in [-0.2, 0) is 0 Å². The van der Waals surface area contributed by atoms with Crippen molar-refractivity contribution in [1.82, 2.24) is 0 Å². The average molecular weight is 350 g/mol. The molecule has 0 N–H and O–H groups in total. The van der Waals surface area contributed by atoms with Gasteiger partial charge in [0, 0.05) is 0 Å². The lowest BCUT2D eigenvalue weighted by Crippen LogP contribution is -2.16. The topological polar surface area (TPSA) is 82.8 Å². The maximum absolute atomic E-state index is 13.0. The second-order valence-corrected chi connectivity index (χ2v) is 5.87. The van der Waals surface area contributed by atoms with E-state index >= 15 is 0 Å². The van der Waals surface area contributed by atoms with Crippen LogP contribution < -0.4 is 10.2 Å². The van der Waals surface area contributed by atoms with Gasteiger partial charge < -0.3 is 18.0 Å². The van der Waals surface area contributed by atoms with Crippen molar-refractivity contribution in [2.75, 3.05) is 0 Å². The van der Waals surface area contributed by atoms with E-state index < -0.39 is 11.4 Å². The number of furan rings is 2. The third kappa shape index (κ3) is 2.61. The fourth-order valence-corrected chi connectivity index (χ4v) is 2.63. The van der Waals surface area contributed by atoms with Gasteiger partial charge in [-0.05, 0) is 61.4 Å². The Morgan fingerprint density at radius 1 is 1.00 bits per heavy atom. The number of hydrogen-bond donors (Lipinski definition) is 0. The second kappa shape index (κ2) is 6.07. The number of fused-ring (bicyclic) bond motifs is 1. The molecule has 0 saturated heterocycles. The monoisotopic (exact) mass is 350 g/mol. The Morgan fingerprint density at radius 3 is 2.42 bits per heavy atom.